The summed E-state index contributed by atoms with van der Waals surface area (Å²) in [5.41, 5.74) is 4.14. The fraction of sp³-hybridized carbons (Fsp3) is 0.227. The fourth-order valence-corrected chi connectivity index (χ4v) is 2.96. The van der Waals surface area contributed by atoms with E-state index >= 15 is 0 Å². The number of carbonyl (C=O) groups is 1. The van der Waals surface area contributed by atoms with Gasteiger partial charge in [0.2, 0.25) is 0 Å². The third kappa shape index (κ3) is 6.43. The van der Waals surface area contributed by atoms with E-state index in [1.165, 1.54) is 22.0 Å². The number of carboxylic acid groups (broad SMARTS) is 1. The first-order valence-electron chi connectivity index (χ1n) is 9.37. The molecule has 4 aromatic rings. The normalized spacial score (nSPS) is 10.4. The number of nitrogens with zero attached hydrogens (tertiary/aromatic N) is 4. The largest absolute Gasteiger partial charge is 0.478 e. The molecule has 0 radical (unpaired) electrons. The van der Waals surface area contributed by atoms with Gasteiger partial charge in [-0.1, -0.05) is 24.3 Å². The molecule has 158 valence electrons. The van der Waals surface area contributed by atoms with E-state index in [4.69, 9.17) is 5.11 Å². The first kappa shape index (κ1) is 23.1. The smallest absolute Gasteiger partial charge is 0.335 e. The van der Waals surface area contributed by atoms with Crippen LogP contribution in [0.1, 0.15) is 21.5 Å². The van der Waals surface area contributed by atoms with Crippen molar-refractivity contribution < 1.29 is 9.90 Å². The van der Waals surface area contributed by atoms with Gasteiger partial charge in [-0.15, -0.1) is 12.4 Å². The number of H-pyrrole nitrogens is 1. The highest BCUT2D eigenvalue weighted by Gasteiger charge is 2.06. The molecule has 0 aliphatic heterocycles. The van der Waals surface area contributed by atoms with Crippen LogP contribution in [0.15, 0.2) is 67.4 Å². The van der Waals surface area contributed by atoms with Crippen molar-refractivity contribution in [2.24, 2.45) is 0 Å². The van der Waals surface area contributed by atoms with Crippen molar-refractivity contribution >= 4 is 29.3 Å². The number of likely N-dealkylation sites (N-methyl/N-ethyl adjacent to an activating group) is 1. The molecule has 0 aliphatic rings. The Morgan fingerprint density at radius 2 is 1.93 bits per heavy atom. The van der Waals surface area contributed by atoms with E-state index in [1.807, 2.05) is 4.68 Å². The van der Waals surface area contributed by atoms with E-state index in [2.05, 4.69) is 58.5 Å². The Bertz CT molecular complexity index is 1050. The zero-order valence-electron chi connectivity index (χ0n) is 17.0. The average Bonchev–Trinajstić information content (AvgIpc) is 3.37. The second-order valence-corrected chi connectivity index (χ2v) is 7.01. The van der Waals surface area contributed by atoms with E-state index in [9.17, 15) is 4.79 Å². The number of aromatic nitrogens is 4. The van der Waals surface area contributed by atoms with Gasteiger partial charge in [0.25, 0.3) is 0 Å². The molecule has 0 atom stereocenters. The van der Waals surface area contributed by atoms with E-state index in [-0.39, 0.29) is 12.4 Å². The van der Waals surface area contributed by atoms with E-state index in [0.717, 1.165) is 19.5 Å². The van der Waals surface area contributed by atoms with Crippen molar-refractivity contribution in [2.45, 2.75) is 13.0 Å². The molecule has 2 aromatic carbocycles. The van der Waals surface area contributed by atoms with Crippen LogP contribution in [-0.2, 0) is 13.0 Å². The van der Waals surface area contributed by atoms with E-state index < -0.39 is 5.97 Å². The number of hydrogen-bond donors (Lipinski definition) is 2. The Kier molecular flexibility index (Phi) is 8.58. The Morgan fingerprint density at radius 3 is 2.53 bits per heavy atom. The number of benzene rings is 2. The summed E-state index contributed by atoms with van der Waals surface area (Å²) in [6.07, 6.45) is 6.48. The summed E-state index contributed by atoms with van der Waals surface area (Å²) in [5.74, 6) is -0.879. The number of hydrogen-bond acceptors (Lipinski definition) is 4. The molecule has 0 fully saturated rings. The number of halogens is 1. The van der Waals surface area contributed by atoms with Crippen LogP contribution in [0, 0.1) is 0 Å². The number of rotatable bonds is 6. The number of aromatic amines is 1. The average molecular weight is 428 g/mol. The predicted molar refractivity (Wildman–Crippen MR) is 120 cm³/mol. The summed E-state index contributed by atoms with van der Waals surface area (Å²) >= 11 is 0. The molecule has 0 saturated carbocycles. The van der Waals surface area contributed by atoms with E-state index in [1.54, 1.807) is 43.0 Å². The zero-order chi connectivity index (χ0) is 20.6. The summed E-state index contributed by atoms with van der Waals surface area (Å²) in [6, 6.07) is 14.8. The third-order valence-corrected chi connectivity index (χ3v) is 4.49. The molecule has 0 amide bonds. The summed E-state index contributed by atoms with van der Waals surface area (Å²) in [7, 11) is 4.20. The maximum absolute atomic E-state index is 10.2. The van der Waals surface area contributed by atoms with Gasteiger partial charge in [0.1, 0.15) is 12.7 Å². The van der Waals surface area contributed by atoms with Gasteiger partial charge in [-0.3, -0.25) is 0 Å². The van der Waals surface area contributed by atoms with Crippen LogP contribution in [0.4, 0.5) is 0 Å². The van der Waals surface area contributed by atoms with Crippen LogP contribution in [0.25, 0.3) is 10.9 Å². The molecule has 0 bridgehead atoms. The van der Waals surface area contributed by atoms with Gasteiger partial charge in [-0.25, -0.2) is 14.5 Å². The fourth-order valence-electron chi connectivity index (χ4n) is 2.96. The van der Waals surface area contributed by atoms with Gasteiger partial charge in [0.05, 0.1) is 12.1 Å². The van der Waals surface area contributed by atoms with Crippen molar-refractivity contribution in [3.05, 3.63) is 84.1 Å². The molecule has 0 aliphatic carbocycles. The van der Waals surface area contributed by atoms with Gasteiger partial charge in [-0.05, 0) is 55.9 Å². The summed E-state index contributed by atoms with van der Waals surface area (Å²) in [5, 5.41) is 13.8. The highest BCUT2D eigenvalue weighted by atomic mass is 35.5. The monoisotopic (exact) mass is 427 g/mol. The van der Waals surface area contributed by atoms with Crippen LogP contribution < -0.4 is 0 Å². The number of nitrogens with one attached hydrogen (secondary N) is 1. The van der Waals surface area contributed by atoms with Crippen LogP contribution >= 0.6 is 12.4 Å². The molecule has 2 N–H and O–H groups in total. The number of fused-ring (bicyclic) bond motifs is 1. The Balaban J connectivity index is 0.000000272. The summed E-state index contributed by atoms with van der Waals surface area (Å²) < 4.78 is 1.84. The van der Waals surface area contributed by atoms with E-state index in [0.29, 0.717) is 5.56 Å². The lowest BCUT2D eigenvalue weighted by atomic mass is 10.1. The Labute approximate surface area is 181 Å². The molecule has 0 saturated heterocycles. The molecular weight excluding hydrogens is 402 g/mol. The second kappa shape index (κ2) is 11.1. The maximum atomic E-state index is 10.2. The summed E-state index contributed by atoms with van der Waals surface area (Å²) in [4.78, 5) is 19.7. The van der Waals surface area contributed by atoms with Gasteiger partial charge in [-0.2, -0.15) is 5.10 Å². The molecule has 0 unspecified atom stereocenters. The SMILES string of the molecule is CN(C)CCc1c[nH]c2ccc(Cn3cncn3)cc12.Cl.O=C(O)c1ccccc1. The molecule has 30 heavy (non-hydrogen) atoms. The highest BCUT2D eigenvalue weighted by Crippen LogP contribution is 2.21. The molecule has 2 heterocycles. The second-order valence-electron chi connectivity index (χ2n) is 7.01. The highest BCUT2D eigenvalue weighted by molar-refractivity contribution is 5.87. The lowest BCUT2D eigenvalue weighted by Gasteiger charge is -2.08. The molecule has 8 heteroatoms. The number of carboxylic acids is 1. The quantitative estimate of drug-likeness (QED) is 0.489. The van der Waals surface area contributed by atoms with Crippen LogP contribution in [0.5, 0.6) is 0 Å². The molecule has 4 rings (SSSR count). The van der Waals surface area contributed by atoms with Crippen molar-refractivity contribution in [2.75, 3.05) is 20.6 Å². The van der Waals surface area contributed by atoms with Crippen LogP contribution in [0.2, 0.25) is 0 Å². The number of aromatic carboxylic acids is 1. The van der Waals surface area contributed by atoms with Gasteiger partial charge >= 0.3 is 5.97 Å². The Hall–Kier alpha value is -3.16. The van der Waals surface area contributed by atoms with Crippen LogP contribution in [0.3, 0.4) is 0 Å². The van der Waals surface area contributed by atoms with Gasteiger partial charge in [0, 0.05) is 23.6 Å². The standard InChI is InChI=1S/C15H19N5.C7H6O2.ClH/c1-19(2)6-5-13-8-17-15-4-3-12(7-14(13)15)9-20-11-16-10-18-20;8-7(9)6-4-2-1-3-5-6;/h3-4,7-8,10-11,17H,5-6,9H2,1-2H3;1-5H,(H,8,9);1H. The third-order valence-electron chi connectivity index (χ3n) is 4.49. The molecule has 2 aromatic heterocycles. The first-order chi connectivity index (χ1) is 14.0. The van der Waals surface area contributed by atoms with Crippen LogP contribution in [-0.4, -0.2) is 56.4 Å². The molecule has 7 nitrogen and oxygen atoms in total. The first-order valence-corrected chi connectivity index (χ1v) is 9.37. The predicted octanol–water partition coefficient (Wildman–Crippen LogP) is 3.72. The van der Waals surface area contributed by atoms with Gasteiger partial charge < -0.3 is 15.0 Å². The minimum absolute atomic E-state index is 0. The maximum Gasteiger partial charge on any atom is 0.335 e. The van der Waals surface area contributed by atoms with Crippen molar-refractivity contribution in [3.63, 3.8) is 0 Å². The summed E-state index contributed by atoms with van der Waals surface area (Å²) in [6.45, 7) is 1.81. The van der Waals surface area contributed by atoms with Crippen molar-refractivity contribution in [1.29, 1.82) is 0 Å². The zero-order valence-corrected chi connectivity index (χ0v) is 17.8. The topological polar surface area (TPSA) is 87.0 Å². The lowest BCUT2D eigenvalue weighted by molar-refractivity contribution is 0.0697. The minimum Gasteiger partial charge on any atom is -0.478 e. The molecule has 0 spiro atoms. The van der Waals surface area contributed by atoms with Gasteiger partial charge in [0.15, 0.2) is 0 Å². The van der Waals surface area contributed by atoms with Crippen molar-refractivity contribution in [1.82, 2.24) is 24.6 Å². The minimum atomic E-state index is -0.879. The Morgan fingerprint density at radius 1 is 1.17 bits per heavy atom. The molecular formula is C22H26ClN5O2. The lowest BCUT2D eigenvalue weighted by Crippen LogP contribution is -2.14. The van der Waals surface area contributed by atoms with Crippen molar-refractivity contribution in [3.8, 4) is 0 Å².